The molecule has 0 aromatic heterocycles. The highest BCUT2D eigenvalue weighted by atomic mass is 79.9. The first-order chi connectivity index (χ1) is 7.95. The molecule has 1 aromatic carbocycles. The van der Waals surface area contributed by atoms with Gasteiger partial charge in [0.1, 0.15) is 0 Å². The summed E-state index contributed by atoms with van der Waals surface area (Å²) in [6.07, 6.45) is 0. The van der Waals surface area contributed by atoms with Crippen LogP contribution in [0.4, 0.5) is 0 Å². The minimum absolute atomic E-state index is 0.156. The Bertz CT molecular complexity index is 445. The highest BCUT2D eigenvalue weighted by Crippen LogP contribution is 2.18. The molecule has 0 radical (unpaired) electrons. The predicted molar refractivity (Wildman–Crippen MR) is 77.2 cm³/mol. The van der Waals surface area contributed by atoms with Crippen LogP contribution < -0.4 is 5.73 Å². The molecule has 1 rings (SSSR count). The van der Waals surface area contributed by atoms with Gasteiger partial charge in [-0.25, -0.2) is 8.42 Å². The second-order valence-corrected chi connectivity index (χ2v) is 8.26. The average molecular weight is 338 g/mol. The molecule has 96 valence electrons. The Morgan fingerprint density at radius 2 is 1.94 bits per heavy atom. The number of rotatable bonds is 6. The second kappa shape index (κ2) is 6.78. The van der Waals surface area contributed by atoms with E-state index in [1.165, 1.54) is 0 Å². The third-order valence-electron chi connectivity index (χ3n) is 2.26. The molecule has 17 heavy (non-hydrogen) atoms. The maximum Gasteiger partial charge on any atom is 0.179 e. The van der Waals surface area contributed by atoms with Crippen LogP contribution in [0.2, 0.25) is 0 Å². The van der Waals surface area contributed by atoms with Crippen LogP contribution in [0.15, 0.2) is 33.6 Å². The quantitative estimate of drug-likeness (QED) is 0.865. The fourth-order valence-electron chi connectivity index (χ4n) is 1.19. The molecule has 0 aliphatic heterocycles. The van der Waals surface area contributed by atoms with E-state index in [-0.39, 0.29) is 5.75 Å². The fourth-order valence-corrected chi connectivity index (χ4v) is 4.04. The standard InChI is InChI=1S/C11H16BrNO2S2/c1-9(8-13)16-6-7-17(14,15)11-4-2-10(12)3-5-11/h2-5,9H,6-8,13H2,1H3. The summed E-state index contributed by atoms with van der Waals surface area (Å²) in [6.45, 7) is 2.57. The van der Waals surface area contributed by atoms with Crippen LogP contribution in [0.1, 0.15) is 6.92 Å². The normalized spacial score (nSPS) is 13.6. The van der Waals surface area contributed by atoms with E-state index >= 15 is 0 Å². The van der Waals surface area contributed by atoms with E-state index in [0.29, 0.717) is 22.4 Å². The number of thioether (sulfide) groups is 1. The van der Waals surface area contributed by atoms with Gasteiger partial charge in [0.15, 0.2) is 9.84 Å². The van der Waals surface area contributed by atoms with Crippen molar-refractivity contribution < 1.29 is 8.42 Å². The van der Waals surface area contributed by atoms with Gasteiger partial charge in [-0.3, -0.25) is 0 Å². The molecule has 1 atom stereocenters. The maximum absolute atomic E-state index is 12.0. The van der Waals surface area contributed by atoms with Gasteiger partial charge in [-0.05, 0) is 24.3 Å². The molecule has 1 aromatic rings. The highest BCUT2D eigenvalue weighted by molar-refractivity contribution is 9.10. The smallest absolute Gasteiger partial charge is 0.179 e. The van der Waals surface area contributed by atoms with Crippen molar-refractivity contribution in [2.75, 3.05) is 18.1 Å². The summed E-state index contributed by atoms with van der Waals surface area (Å²) in [4.78, 5) is 0.377. The molecule has 0 aliphatic carbocycles. The third-order valence-corrected chi connectivity index (χ3v) is 5.98. The Balaban J connectivity index is 2.60. The van der Waals surface area contributed by atoms with Gasteiger partial charge in [0.25, 0.3) is 0 Å². The van der Waals surface area contributed by atoms with E-state index in [2.05, 4.69) is 15.9 Å². The third kappa shape index (κ3) is 4.99. The summed E-state index contributed by atoms with van der Waals surface area (Å²) < 4.78 is 24.8. The minimum Gasteiger partial charge on any atom is -0.329 e. The Morgan fingerprint density at radius 3 is 2.47 bits per heavy atom. The molecule has 0 bridgehead atoms. The Morgan fingerprint density at radius 1 is 1.35 bits per heavy atom. The fraction of sp³-hybridized carbons (Fsp3) is 0.455. The lowest BCUT2D eigenvalue weighted by Gasteiger charge is -2.08. The molecule has 0 fully saturated rings. The lowest BCUT2D eigenvalue weighted by Crippen LogP contribution is -2.16. The summed E-state index contributed by atoms with van der Waals surface area (Å²) in [5.41, 5.74) is 5.47. The molecule has 0 saturated carbocycles. The number of hydrogen-bond donors (Lipinski definition) is 1. The highest BCUT2D eigenvalue weighted by Gasteiger charge is 2.14. The van der Waals surface area contributed by atoms with Crippen LogP contribution in [0, 0.1) is 0 Å². The molecule has 3 nitrogen and oxygen atoms in total. The Labute approximate surface area is 115 Å². The van der Waals surface area contributed by atoms with E-state index in [9.17, 15) is 8.42 Å². The topological polar surface area (TPSA) is 60.2 Å². The largest absolute Gasteiger partial charge is 0.329 e. The molecule has 0 heterocycles. The van der Waals surface area contributed by atoms with Crippen LogP contribution in [-0.2, 0) is 9.84 Å². The van der Waals surface area contributed by atoms with Gasteiger partial charge in [-0.2, -0.15) is 11.8 Å². The van der Waals surface area contributed by atoms with Crippen LogP contribution in [0.5, 0.6) is 0 Å². The van der Waals surface area contributed by atoms with Crippen molar-refractivity contribution in [3.63, 3.8) is 0 Å². The lowest BCUT2D eigenvalue weighted by molar-refractivity contribution is 0.597. The molecule has 0 aliphatic rings. The second-order valence-electron chi connectivity index (χ2n) is 3.69. The van der Waals surface area contributed by atoms with E-state index in [1.54, 1.807) is 36.0 Å². The van der Waals surface area contributed by atoms with E-state index < -0.39 is 9.84 Å². The Hall–Kier alpha value is -0.0400. The predicted octanol–water partition coefficient (Wildman–Crippen LogP) is 2.30. The molecule has 0 amide bonds. The first-order valence-electron chi connectivity index (χ1n) is 5.25. The monoisotopic (exact) mass is 337 g/mol. The van der Waals surface area contributed by atoms with Gasteiger partial charge in [0.05, 0.1) is 10.6 Å². The summed E-state index contributed by atoms with van der Waals surface area (Å²) in [5, 5.41) is 0.301. The molecular weight excluding hydrogens is 322 g/mol. The number of benzene rings is 1. The molecule has 2 N–H and O–H groups in total. The van der Waals surface area contributed by atoms with Crippen molar-refractivity contribution in [1.82, 2.24) is 0 Å². The number of halogens is 1. The molecule has 0 saturated heterocycles. The molecule has 1 unspecified atom stereocenters. The van der Waals surface area contributed by atoms with Crippen LogP contribution in [0.25, 0.3) is 0 Å². The van der Waals surface area contributed by atoms with Crippen molar-refractivity contribution in [2.45, 2.75) is 17.1 Å². The van der Waals surface area contributed by atoms with Gasteiger partial charge < -0.3 is 5.73 Å². The molecular formula is C11H16BrNO2S2. The number of sulfone groups is 1. The van der Waals surface area contributed by atoms with E-state index in [4.69, 9.17) is 5.73 Å². The zero-order chi connectivity index (χ0) is 12.9. The maximum atomic E-state index is 12.0. The first-order valence-corrected chi connectivity index (χ1v) is 8.75. The summed E-state index contributed by atoms with van der Waals surface area (Å²) in [6, 6.07) is 6.72. The SMILES string of the molecule is CC(CN)SCCS(=O)(=O)c1ccc(Br)cc1. The van der Waals surface area contributed by atoms with Crippen molar-refractivity contribution in [3.05, 3.63) is 28.7 Å². The van der Waals surface area contributed by atoms with Crippen molar-refractivity contribution >= 4 is 37.5 Å². The summed E-state index contributed by atoms with van der Waals surface area (Å²) in [7, 11) is -3.16. The minimum atomic E-state index is -3.16. The van der Waals surface area contributed by atoms with Gasteiger partial charge in [0, 0.05) is 22.0 Å². The summed E-state index contributed by atoms with van der Waals surface area (Å²) >= 11 is 4.87. The number of nitrogens with two attached hydrogens (primary N) is 1. The molecule has 0 spiro atoms. The van der Waals surface area contributed by atoms with Gasteiger partial charge in [0.2, 0.25) is 0 Å². The van der Waals surface area contributed by atoms with Crippen molar-refractivity contribution in [1.29, 1.82) is 0 Å². The molecule has 6 heteroatoms. The van der Waals surface area contributed by atoms with E-state index in [1.807, 2.05) is 6.92 Å². The number of hydrogen-bond acceptors (Lipinski definition) is 4. The zero-order valence-electron chi connectivity index (χ0n) is 9.60. The Kier molecular flexibility index (Phi) is 5.99. The van der Waals surface area contributed by atoms with Gasteiger partial charge in [-0.15, -0.1) is 0 Å². The van der Waals surface area contributed by atoms with Crippen LogP contribution >= 0.6 is 27.7 Å². The van der Waals surface area contributed by atoms with Gasteiger partial charge >= 0.3 is 0 Å². The lowest BCUT2D eigenvalue weighted by atomic mass is 10.4. The average Bonchev–Trinajstić information content (AvgIpc) is 2.29. The van der Waals surface area contributed by atoms with Gasteiger partial charge in [-0.1, -0.05) is 22.9 Å². The van der Waals surface area contributed by atoms with Crippen molar-refractivity contribution in [3.8, 4) is 0 Å². The van der Waals surface area contributed by atoms with Crippen LogP contribution in [0.3, 0.4) is 0 Å². The van der Waals surface area contributed by atoms with E-state index in [0.717, 1.165) is 4.47 Å². The first kappa shape index (κ1) is 15.0. The zero-order valence-corrected chi connectivity index (χ0v) is 12.8. The summed E-state index contributed by atoms with van der Waals surface area (Å²) in [5.74, 6) is 0.737. The van der Waals surface area contributed by atoms with Crippen LogP contribution in [-0.4, -0.2) is 31.7 Å². The van der Waals surface area contributed by atoms with Crippen molar-refractivity contribution in [2.24, 2.45) is 5.73 Å².